The summed E-state index contributed by atoms with van der Waals surface area (Å²) in [5.74, 6) is 0.772. The van der Waals surface area contributed by atoms with Gasteiger partial charge < -0.3 is 10.1 Å². The molecule has 0 aromatic heterocycles. The Balaban J connectivity index is 2.13. The van der Waals surface area contributed by atoms with Crippen molar-refractivity contribution in [2.45, 2.75) is 23.8 Å². The molecular weight excluding hydrogens is 252 g/mol. The lowest BCUT2D eigenvalue weighted by atomic mass is 10.2. The first-order valence-corrected chi connectivity index (χ1v) is 6.90. The molecule has 5 nitrogen and oxygen atoms in total. The number of rotatable bonds is 5. The van der Waals surface area contributed by atoms with Crippen LogP contribution in [0.25, 0.3) is 0 Å². The molecule has 0 saturated carbocycles. The fraction of sp³-hybridized carbons (Fsp3) is 0.500. The Morgan fingerprint density at radius 3 is 3.06 bits per heavy atom. The molecule has 18 heavy (non-hydrogen) atoms. The number of nitro groups is 1. The lowest BCUT2D eigenvalue weighted by Crippen LogP contribution is -2.08. The SMILES string of the molecule is CNc1cccc(SCC2CCCO2)c1[N+](=O)[O-]. The Morgan fingerprint density at radius 2 is 2.44 bits per heavy atom. The number of benzene rings is 1. The van der Waals surface area contributed by atoms with E-state index in [-0.39, 0.29) is 16.7 Å². The standard InChI is InChI=1S/C12H16N2O3S/c1-13-10-5-2-6-11(12(10)14(15)16)18-8-9-4-3-7-17-9/h2,5-6,9,13H,3-4,7-8H2,1H3. The molecule has 1 fully saturated rings. The van der Waals surface area contributed by atoms with E-state index in [1.807, 2.05) is 6.07 Å². The summed E-state index contributed by atoms with van der Waals surface area (Å²) < 4.78 is 5.53. The van der Waals surface area contributed by atoms with Gasteiger partial charge >= 0.3 is 5.69 Å². The van der Waals surface area contributed by atoms with Crippen LogP contribution in [0.3, 0.4) is 0 Å². The maximum Gasteiger partial charge on any atom is 0.305 e. The van der Waals surface area contributed by atoms with Crippen LogP contribution in [-0.4, -0.2) is 30.4 Å². The molecule has 6 heteroatoms. The van der Waals surface area contributed by atoms with Crippen LogP contribution < -0.4 is 5.32 Å². The maximum atomic E-state index is 11.1. The van der Waals surface area contributed by atoms with E-state index in [0.29, 0.717) is 10.6 Å². The van der Waals surface area contributed by atoms with Gasteiger partial charge in [-0.1, -0.05) is 6.07 Å². The van der Waals surface area contributed by atoms with Gasteiger partial charge in [-0.15, -0.1) is 11.8 Å². The van der Waals surface area contributed by atoms with Crippen molar-refractivity contribution in [3.63, 3.8) is 0 Å². The van der Waals surface area contributed by atoms with Crippen molar-refractivity contribution >= 4 is 23.1 Å². The van der Waals surface area contributed by atoms with Gasteiger partial charge in [0.05, 0.1) is 15.9 Å². The smallest absolute Gasteiger partial charge is 0.305 e. The average molecular weight is 268 g/mol. The van der Waals surface area contributed by atoms with Crippen LogP contribution in [-0.2, 0) is 4.74 Å². The van der Waals surface area contributed by atoms with E-state index in [1.54, 1.807) is 19.2 Å². The highest BCUT2D eigenvalue weighted by Crippen LogP contribution is 2.36. The first kappa shape index (κ1) is 13.2. The summed E-state index contributed by atoms with van der Waals surface area (Å²) in [6.45, 7) is 0.809. The van der Waals surface area contributed by atoms with E-state index in [4.69, 9.17) is 4.74 Å². The number of ether oxygens (including phenoxy) is 1. The number of anilines is 1. The zero-order valence-electron chi connectivity index (χ0n) is 10.2. The normalized spacial score (nSPS) is 18.8. The molecule has 1 N–H and O–H groups in total. The van der Waals surface area contributed by atoms with Crippen molar-refractivity contribution in [2.24, 2.45) is 0 Å². The molecule has 0 radical (unpaired) electrons. The van der Waals surface area contributed by atoms with Gasteiger partial charge in [0.25, 0.3) is 0 Å². The Morgan fingerprint density at radius 1 is 1.61 bits per heavy atom. The lowest BCUT2D eigenvalue weighted by Gasteiger charge is -2.10. The molecule has 2 rings (SSSR count). The van der Waals surface area contributed by atoms with Gasteiger partial charge in [0.2, 0.25) is 0 Å². The van der Waals surface area contributed by atoms with E-state index in [2.05, 4.69) is 5.32 Å². The Bertz CT molecular complexity index is 433. The third kappa shape index (κ3) is 2.94. The third-order valence-electron chi connectivity index (χ3n) is 2.90. The van der Waals surface area contributed by atoms with Gasteiger partial charge in [-0.3, -0.25) is 10.1 Å². The molecule has 0 amide bonds. The van der Waals surface area contributed by atoms with Crippen molar-refractivity contribution < 1.29 is 9.66 Å². The average Bonchev–Trinajstić information content (AvgIpc) is 2.88. The van der Waals surface area contributed by atoms with Gasteiger partial charge in [-0.2, -0.15) is 0 Å². The van der Waals surface area contributed by atoms with Gasteiger partial charge in [0.1, 0.15) is 5.69 Å². The van der Waals surface area contributed by atoms with Crippen molar-refractivity contribution in [2.75, 3.05) is 24.7 Å². The van der Waals surface area contributed by atoms with Crippen molar-refractivity contribution in [3.05, 3.63) is 28.3 Å². The largest absolute Gasteiger partial charge is 0.383 e. The number of para-hydroxylation sites is 1. The molecule has 0 aliphatic carbocycles. The monoisotopic (exact) mass is 268 g/mol. The molecular formula is C12H16N2O3S. The summed E-state index contributed by atoms with van der Waals surface area (Å²) in [6.07, 6.45) is 2.36. The van der Waals surface area contributed by atoms with Gasteiger partial charge in [-0.25, -0.2) is 0 Å². The Hall–Kier alpha value is -1.27. The van der Waals surface area contributed by atoms with Crippen LogP contribution in [0.2, 0.25) is 0 Å². The fourth-order valence-electron chi connectivity index (χ4n) is 1.99. The minimum Gasteiger partial charge on any atom is -0.383 e. The third-order valence-corrected chi connectivity index (χ3v) is 4.08. The molecule has 1 aliphatic heterocycles. The first-order chi connectivity index (χ1) is 8.72. The predicted molar refractivity (Wildman–Crippen MR) is 72.3 cm³/mol. The maximum absolute atomic E-state index is 11.1. The molecule has 1 unspecified atom stereocenters. The second-order valence-electron chi connectivity index (χ2n) is 4.11. The lowest BCUT2D eigenvalue weighted by molar-refractivity contribution is -0.386. The quantitative estimate of drug-likeness (QED) is 0.505. The van der Waals surface area contributed by atoms with E-state index < -0.39 is 0 Å². The highest BCUT2D eigenvalue weighted by molar-refractivity contribution is 7.99. The van der Waals surface area contributed by atoms with E-state index >= 15 is 0 Å². The van der Waals surface area contributed by atoms with Gasteiger partial charge in [0.15, 0.2) is 0 Å². The molecule has 98 valence electrons. The zero-order valence-corrected chi connectivity index (χ0v) is 11.0. The second-order valence-corrected chi connectivity index (χ2v) is 5.17. The number of thioether (sulfide) groups is 1. The van der Waals surface area contributed by atoms with Gasteiger partial charge in [-0.05, 0) is 25.0 Å². The Labute approximate surface area is 110 Å². The summed E-state index contributed by atoms with van der Waals surface area (Å²) >= 11 is 1.50. The minimum atomic E-state index is -0.330. The molecule has 1 aromatic rings. The number of nitrogens with one attached hydrogen (secondary N) is 1. The summed E-state index contributed by atoms with van der Waals surface area (Å²) in [5, 5.41) is 14.0. The highest BCUT2D eigenvalue weighted by Gasteiger charge is 2.22. The number of hydrogen-bond acceptors (Lipinski definition) is 5. The second kappa shape index (κ2) is 6.06. The van der Waals surface area contributed by atoms with Gasteiger partial charge in [0, 0.05) is 19.4 Å². The molecule has 1 atom stereocenters. The zero-order chi connectivity index (χ0) is 13.0. The predicted octanol–water partition coefficient (Wildman–Crippen LogP) is 2.91. The van der Waals surface area contributed by atoms with E-state index in [1.165, 1.54) is 11.8 Å². The molecule has 0 bridgehead atoms. The number of nitro benzene ring substituents is 1. The fourth-order valence-corrected chi connectivity index (χ4v) is 3.11. The Kier molecular flexibility index (Phi) is 4.43. The number of hydrogen-bond donors (Lipinski definition) is 1. The highest BCUT2D eigenvalue weighted by atomic mass is 32.2. The topological polar surface area (TPSA) is 64.4 Å². The van der Waals surface area contributed by atoms with Crippen LogP contribution >= 0.6 is 11.8 Å². The summed E-state index contributed by atoms with van der Waals surface area (Å²) in [4.78, 5) is 11.5. The summed E-state index contributed by atoms with van der Waals surface area (Å²) in [7, 11) is 1.69. The van der Waals surface area contributed by atoms with Crippen LogP contribution in [0.1, 0.15) is 12.8 Å². The van der Waals surface area contributed by atoms with E-state index in [9.17, 15) is 10.1 Å². The van der Waals surface area contributed by atoms with Crippen molar-refractivity contribution in [1.29, 1.82) is 0 Å². The van der Waals surface area contributed by atoms with Crippen LogP contribution in [0.4, 0.5) is 11.4 Å². The number of nitrogens with zero attached hydrogens (tertiary/aromatic N) is 1. The summed E-state index contributed by atoms with van der Waals surface area (Å²) in [6, 6.07) is 5.34. The molecule has 1 aromatic carbocycles. The molecule has 1 heterocycles. The minimum absolute atomic E-state index is 0.156. The van der Waals surface area contributed by atoms with Crippen molar-refractivity contribution in [3.8, 4) is 0 Å². The van der Waals surface area contributed by atoms with Crippen molar-refractivity contribution in [1.82, 2.24) is 0 Å². The first-order valence-electron chi connectivity index (χ1n) is 5.92. The molecule has 1 saturated heterocycles. The van der Waals surface area contributed by atoms with Crippen LogP contribution in [0.5, 0.6) is 0 Å². The van der Waals surface area contributed by atoms with Crippen LogP contribution in [0, 0.1) is 10.1 Å². The van der Waals surface area contributed by atoms with E-state index in [0.717, 1.165) is 25.2 Å². The molecule has 0 spiro atoms. The summed E-state index contributed by atoms with van der Waals surface area (Å²) in [5.41, 5.74) is 0.709. The molecule has 1 aliphatic rings. The van der Waals surface area contributed by atoms with Crippen LogP contribution in [0.15, 0.2) is 23.1 Å².